The average molecular weight is 472 g/mol. The van der Waals surface area contributed by atoms with Crippen LogP contribution in [0, 0.1) is 5.92 Å². The molecule has 1 saturated heterocycles. The molecule has 6 heteroatoms. The van der Waals surface area contributed by atoms with Crippen molar-refractivity contribution in [3.8, 4) is 5.75 Å². The standard InChI is InChI=1S/C20H32N4O.HI/c1-3-24-12-9-16(10-13-24)8-11-22-20(21-2)23-15-18-14-17-6-4-5-7-19(17)25-18;/h4-7,16,18H,3,8-15H2,1-2H3,(H2,21,22,23);1H. The van der Waals surface area contributed by atoms with E-state index in [1.807, 2.05) is 19.2 Å². The molecule has 5 nitrogen and oxygen atoms in total. The number of nitrogens with zero attached hydrogens (tertiary/aromatic N) is 2. The van der Waals surface area contributed by atoms with Crippen LogP contribution < -0.4 is 15.4 Å². The third kappa shape index (κ3) is 6.01. The summed E-state index contributed by atoms with van der Waals surface area (Å²) in [5.41, 5.74) is 1.30. The highest BCUT2D eigenvalue weighted by molar-refractivity contribution is 14.0. The largest absolute Gasteiger partial charge is 0.488 e. The molecule has 0 spiro atoms. The number of fused-ring (bicyclic) bond motifs is 1. The number of hydrogen-bond acceptors (Lipinski definition) is 3. The Kier molecular flexibility index (Phi) is 8.98. The molecule has 1 atom stereocenters. The SMILES string of the molecule is CCN1CCC(CCNC(=NC)NCC2Cc3ccccc3O2)CC1.I. The zero-order valence-corrected chi connectivity index (χ0v) is 18.4. The lowest BCUT2D eigenvalue weighted by molar-refractivity contribution is 0.187. The fraction of sp³-hybridized carbons (Fsp3) is 0.650. The van der Waals surface area contributed by atoms with Gasteiger partial charge < -0.3 is 20.3 Å². The van der Waals surface area contributed by atoms with Crippen LogP contribution in [0.15, 0.2) is 29.3 Å². The van der Waals surface area contributed by atoms with Gasteiger partial charge in [-0.05, 0) is 56.4 Å². The van der Waals surface area contributed by atoms with Gasteiger partial charge in [0.25, 0.3) is 0 Å². The van der Waals surface area contributed by atoms with E-state index in [0.29, 0.717) is 0 Å². The van der Waals surface area contributed by atoms with Crippen molar-refractivity contribution in [3.63, 3.8) is 0 Å². The van der Waals surface area contributed by atoms with Crippen LogP contribution in [-0.2, 0) is 6.42 Å². The van der Waals surface area contributed by atoms with Gasteiger partial charge in [-0.15, -0.1) is 24.0 Å². The van der Waals surface area contributed by atoms with Crippen LogP contribution in [0.25, 0.3) is 0 Å². The van der Waals surface area contributed by atoms with Gasteiger partial charge in [0.1, 0.15) is 11.9 Å². The van der Waals surface area contributed by atoms with Gasteiger partial charge in [0.2, 0.25) is 0 Å². The number of piperidine rings is 1. The van der Waals surface area contributed by atoms with Crippen molar-refractivity contribution in [1.29, 1.82) is 0 Å². The Morgan fingerprint density at radius 1 is 1.23 bits per heavy atom. The minimum Gasteiger partial charge on any atom is -0.488 e. The molecule has 2 aliphatic rings. The zero-order valence-electron chi connectivity index (χ0n) is 16.0. The normalized spacial score (nSPS) is 20.8. The Balaban J connectivity index is 0.00000243. The highest BCUT2D eigenvalue weighted by Crippen LogP contribution is 2.27. The number of halogens is 1. The van der Waals surface area contributed by atoms with E-state index >= 15 is 0 Å². The molecule has 0 amide bonds. The second kappa shape index (κ2) is 11.0. The van der Waals surface area contributed by atoms with Gasteiger partial charge in [0, 0.05) is 20.0 Å². The molecule has 0 aliphatic carbocycles. The summed E-state index contributed by atoms with van der Waals surface area (Å²) in [5, 5.41) is 6.86. The number of rotatable bonds is 6. The highest BCUT2D eigenvalue weighted by Gasteiger charge is 2.22. The van der Waals surface area contributed by atoms with Gasteiger partial charge in [-0.1, -0.05) is 25.1 Å². The Morgan fingerprint density at radius 2 is 2.00 bits per heavy atom. The molecule has 1 aromatic rings. The van der Waals surface area contributed by atoms with E-state index in [1.165, 1.54) is 44.5 Å². The van der Waals surface area contributed by atoms with Crippen LogP contribution in [0.1, 0.15) is 31.7 Å². The number of guanidine groups is 1. The maximum absolute atomic E-state index is 5.97. The second-order valence-corrected chi connectivity index (χ2v) is 7.10. The topological polar surface area (TPSA) is 48.9 Å². The van der Waals surface area contributed by atoms with Crippen molar-refractivity contribution in [3.05, 3.63) is 29.8 Å². The summed E-state index contributed by atoms with van der Waals surface area (Å²) in [4.78, 5) is 6.88. The Hall–Kier alpha value is -1.02. The molecular weight excluding hydrogens is 439 g/mol. The monoisotopic (exact) mass is 472 g/mol. The number of aliphatic imine (C=N–C) groups is 1. The molecule has 0 aromatic heterocycles. The van der Waals surface area contributed by atoms with Gasteiger partial charge in [-0.3, -0.25) is 4.99 Å². The van der Waals surface area contributed by atoms with Gasteiger partial charge in [-0.2, -0.15) is 0 Å². The lowest BCUT2D eigenvalue weighted by Crippen LogP contribution is -2.43. The molecule has 26 heavy (non-hydrogen) atoms. The molecule has 2 N–H and O–H groups in total. The maximum Gasteiger partial charge on any atom is 0.191 e. The van der Waals surface area contributed by atoms with Crippen molar-refractivity contribution in [2.45, 2.75) is 38.7 Å². The molecule has 0 bridgehead atoms. The van der Waals surface area contributed by atoms with E-state index in [-0.39, 0.29) is 30.1 Å². The summed E-state index contributed by atoms with van der Waals surface area (Å²) in [6.07, 6.45) is 5.04. The molecule has 0 radical (unpaired) electrons. The molecule has 0 saturated carbocycles. The van der Waals surface area contributed by atoms with Crippen LogP contribution >= 0.6 is 24.0 Å². The third-order valence-corrected chi connectivity index (χ3v) is 5.43. The minimum absolute atomic E-state index is 0. The van der Waals surface area contributed by atoms with E-state index in [1.54, 1.807) is 0 Å². The van der Waals surface area contributed by atoms with Crippen molar-refractivity contribution in [2.24, 2.45) is 10.9 Å². The predicted molar refractivity (Wildman–Crippen MR) is 119 cm³/mol. The first kappa shape index (κ1) is 21.3. The summed E-state index contributed by atoms with van der Waals surface area (Å²) in [6.45, 7) is 7.73. The number of ether oxygens (including phenoxy) is 1. The van der Waals surface area contributed by atoms with Crippen molar-refractivity contribution < 1.29 is 4.74 Å². The fourth-order valence-corrected chi connectivity index (χ4v) is 3.78. The summed E-state index contributed by atoms with van der Waals surface area (Å²) >= 11 is 0. The fourth-order valence-electron chi connectivity index (χ4n) is 3.78. The lowest BCUT2D eigenvalue weighted by Gasteiger charge is -2.31. The lowest BCUT2D eigenvalue weighted by atomic mass is 9.93. The first-order chi connectivity index (χ1) is 12.3. The van der Waals surface area contributed by atoms with Crippen LogP contribution in [0.2, 0.25) is 0 Å². The molecular formula is C20H33IN4O. The smallest absolute Gasteiger partial charge is 0.191 e. The maximum atomic E-state index is 5.97. The van der Waals surface area contributed by atoms with E-state index < -0.39 is 0 Å². The second-order valence-electron chi connectivity index (χ2n) is 7.10. The molecule has 3 rings (SSSR count). The molecule has 1 fully saturated rings. The highest BCUT2D eigenvalue weighted by atomic mass is 127. The Morgan fingerprint density at radius 3 is 2.69 bits per heavy atom. The van der Waals surface area contributed by atoms with Crippen molar-refractivity contribution in [1.82, 2.24) is 15.5 Å². The van der Waals surface area contributed by atoms with Gasteiger partial charge in [-0.25, -0.2) is 0 Å². The van der Waals surface area contributed by atoms with Crippen LogP contribution in [-0.4, -0.2) is 56.7 Å². The summed E-state index contributed by atoms with van der Waals surface area (Å²) in [7, 11) is 1.83. The average Bonchev–Trinajstić information content (AvgIpc) is 3.08. The van der Waals surface area contributed by atoms with Crippen molar-refractivity contribution in [2.75, 3.05) is 39.8 Å². The predicted octanol–water partition coefficient (Wildman–Crippen LogP) is 2.90. The van der Waals surface area contributed by atoms with E-state index in [4.69, 9.17) is 4.74 Å². The molecule has 2 heterocycles. The summed E-state index contributed by atoms with van der Waals surface area (Å²) < 4.78 is 5.97. The Bertz CT molecular complexity index is 548. The molecule has 2 aliphatic heterocycles. The quantitative estimate of drug-likeness (QED) is 0.380. The summed E-state index contributed by atoms with van der Waals surface area (Å²) in [6, 6.07) is 8.29. The van der Waals surface area contributed by atoms with Gasteiger partial charge >= 0.3 is 0 Å². The Labute approximate surface area is 175 Å². The minimum atomic E-state index is 0. The first-order valence-electron chi connectivity index (χ1n) is 9.70. The van der Waals surface area contributed by atoms with E-state index in [9.17, 15) is 0 Å². The first-order valence-corrected chi connectivity index (χ1v) is 9.70. The van der Waals surface area contributed by atoms with Crippen molar-refractivity contribution >= 4 is 29.9 Å². The van der Waals surface area contributed by atoms with E-state index in [2.05, 4.69) is 39.6 Å². The van der Waals surface area contributed by atoms with Crippen LogP contribution in [0.3, 0.4) is 0 Å². The van der Waals surface area contributed by atoms with E-state index in [0.717, 1.165) is 37.1 Å². The van der Waals surface area contributed by atoms with Gasteiger partial charge in [0.05, 0.1) is 6.54 Å². The number of nitrogens with one attached hydrogen (secondary N) is 2. The molecule has 1 aromatic carbocycles. The molecule has 146 valence electrons. The number of hydrogen-bond donors (Lipinski definition) is 2. The zero-order chi connectivity index (χ0) is 17.5. The van der Waals surface area contributed by atoms with Crippen LogP contribution in [0.5, 0.6) is 5.75 Å². The van der Waals surface area contributed by atoms with Gasteiger partial charge in [0.15, 0.2) is 5.96 Å². The third-order valence-electron chi connectivity index (χ3n) is 5.43. The number of likely N-dealkylation sites (tertiary alicyclic amines) is 1. The number of para-hydroxylation sites is 1. The number of benzene rings is 1. The molecule has 1 unspecified atom stereocenters. The van der Waals surface area contributed by atoms with Crippen LogP contribution in [0.4, 0.5) is 0 Å². The summed E-state index contributed by atoms with van der Waals surface area (Å²) in [5.74, 6) is 2.75.